The van der Waals surface area contributed by atoms with Gasteiger partial charge in [-0.3, -0.25) is 0 Å². The Balaban J connectivity index is 0.000000160. The van der Waals surface area contributed by atoms with E-state index in [1.807, 2.05) is 6.07 Å². The van der Waals surface area contributed by atoms with Gasteiger partial charge in [0.05, 0.1) is 0 Å². The maximum absolute atomic E-state index is 3.30. The second-order valence-electron chi connectivity index (χ2n) is 8.69. The number of hydrogen-bond donors (Lipinski definition) is 0. The second kappa shape index (κ2) is 15.8. The topological polar surface area (TPSA) is 0 Å². The fourth-order valence-corrected chi connectivity index (χ4v) is 5.85. The molecule has 0 bridgehead atoms. The molecule has 6 aromatic rings. The first-order chi connectivity index (χ1) is 18.3. The quantitative estimate of drug-likeness (QED) is 0.261. The minimum atomic E-state index is 0. The normalized spacial score (nSPS) is 10.2. The van der Waals surface area contributed by atoms with Crippen molar-refractivity contribution in [3.05, 3.63) is 173 Å². The van der Waals surface area contributed by atoms with E-state index in [-0.39, 0.29) is 24.8 Å². The molecule has 0 radical (unpaired) electrons. The Morgan fingerprint density at radius 2 is 1.26 bits per heavy atom. The number of thiophene rings is 1. The third kappa shape index (κ3) is 8.13. The summed E-state index contributed by atoms with van der Waals surface area (Å²) in [5, 5.41) is 4.26. The van der Waals surface area contributed by atoms with Crippen molar-refractivity contribution in [2.45, 2.75) is 6.42 Å². The predicted octanol–water partition coefficient (Wildman–Crippen LogP) is 3.00. The summed E-state index contributed by atoms with van der Waals surface area (Å²) in [4.78, 5) is 0. The van der Waals surface area contributed by atoms with Crippen LogP contribution in [-0.2, 0) is 30.7 Å². The van der Waals surface area contributed by atoms with Crippen molar-refractivity contribution >= 4 is 14.5 Å². The van der Waals surface area contributed by atoms with Crippen molar-refractivity contribution in [1.29, 1.82) is 0 Å². The minimum Gasteiger partial charge on any atom is -0.201 e. The summed E-state index contributed by atoms with van der Waals surface area (Å²) in [7, 11) is 0. The van der Waals surface area contributed by atoms with Crippen LogP contribution >= 0.6 is 11.3 Å². The molecule has 1 heterocycles. The van der Waals surface area contributed by atoms with Gasteiger partial charge in [0.2, 0.25) is 0 Å². The molecule has 0 unspecified atom stereocenters. The maximum Gasteiger partial charge on any atom is -0.0253 e. The molecule has 7 rings (SSSR count). The fourth-order valence-electron chi connectivity index (χ4n) is 4.37. The maximum atomic E-state index is 3.30. The van der Waals surface area contributed by atoms with Gasteiger partial charge in [-0.05, 0) is 6.42 Å². The Kier molecular flexibility index (Phi) is 12.4. The SMILES string of the molecule is [Cl-].[Cl-].[Zr+2]=[C](c1ccccc1)c1ccccc1.[c-]1cccc2c1Cc1ccccc1-2.c1cc[c-](-c2ccsc2)c1. The Morgan fingerprint density at radius 3 is 1.87 bits per heavy atom. The van der Waals surface area contributed by atoms with Gasteiger partial charge in [0.1, 0.15) is 0 Å². The molecule has 0 nitrogen and oxygen atoms in total. The van der Waals surface area contributed by atoms with Gasteiger partial charge in [-0.25, -0.2) is 11.3 Å². The summed E-state index contributed by atoms with van der Waals surface area (Å²) in [6.07, 6.45) is 1.05. The van der Waals surface area contributed by atoms with E-state index in [0.29, 0.717) is 0 Å². The summed E-state index contributed by atoms with van der Waals surface area (Å²) in [6, 6.07) is 49.7. The Bertz CT molecular complexity index is 1420. The predicted molar refractivity (Wildman–Crippen MR) is 155 cm³/mol. The zero-order valence-electron chi connectivity index (χ0n) is 21.2. The molecule has 39 heavy (non-hydrogen) atoms. The van der Waals surface area contributed by atoms with Gasteiger partial charge in [0.15, 0.2) is 0 Å². The first-order valence-electron chi connectivity index (χ1n) is 12.3. The van der Waals surface area contributed by atoms with Crippen LogP contribution in [0.1, 0.15) is 22.3 Å². The van der Waals surface area contributed by atoms with Gasteiger partial charge in [0.25, 0.3) is 0 Å². The third-order valence-corrected chi connectivity index (χ3v) is 8.36. The van der Waals surface area contributed by atoms with Crippen LogP contribution in [0.2, 0.25) is 0 Å². The standard InChI is InChI=1S/C13H9.C13H10.C9H7S.2ClH.Zr/c1-3-7-12-10(5-1)9-11-6-2-4-8-13(11)12;1-3-7-12(8-4-1)11-13-9-5-2-6-10-13;1-2-4-8(3-1)9-5-6-10-7-9;;;/h1-5,7-8H,9H2;1-10H;1-7H;2*1H;/q-1;;-1;;;+2/p-2. The van der Waals surface area contributed by atoms with Crippen molar-refractivity contribution in [2.24, 2.45) is 0 Å². The van der Waals surface area contributed by atoms with Crippen LogP contribution < -0.4 is 24.8 Å². The third-order valence-electron chi connectivity index (χ3n) is 6.26. The Morgan fingerprint density at radius 1 is 0.667 bits per heavy atom. The van der Waals surface area contributed by atoms with Gasteiger partial charge in [-0.15, -0.1) is 29.3 Å². The van der Waals surface area contributed by atoms with Gasteiger partial charge in [0, 0.05) is 0 Å². The summed E-state index contributed by atoms with van der Waals surface area (Å²) >= 11 is 3.20. The molecule has 0 saturated carbocycles. The average molecular weight is 641 g/mol. The molecule has 0 fully saturated rings. The molecule has 1 aromatic heterocycles. The molecule has 0 spiro atoms. The molecule has 0 atom stereocenters. The first kappa shape index (κ1) is 30.8. The summed E-state index contributed by atoms with van der Waals surface area (Å²) in [5.74, 6) is 0. The molecule has 1 aliphatic rings. The molecule has 0 aliphatic heterocycles. The number of halogens is 2. The number of hydrogen-bond acceptors (Lipinski definition) is 1. The molecule has 4 heteroatoms. The zero-order chi connectivity index (χ0) is 25.3. The van der Waals surface area contributed by atoms with E-state index >= 15 is 0 Å². The number of fused-ring (bicyclic) bond motifs is 3. The second-order valence-corrected chi connectivity index (χ2v) is 10.7. The zero-order valence-corrected chi connectivity index (χ0v) is 26.0. The Labute approximate surface area is 262 Å². The fraction of sp³-hybridized carbons (Fsp3) is 0.0286. The molecular formula is C35H26Cl2SZr-2. The van der Waals surface area contributed by atoms with E-state index in [1.165, 1.54) is 71.9 Å². The molecular weight excluding hydrogens is 615 g/mol. The van der Waals surface area contributed by atoms with Crippen LogP contribution in [0.5, 0.6) is 0 Å². The monoisotopic (exact) mass is 638 g/mol. The molecule has 5 aromatic carbocycles. The van der Waals surface area contributed by atoms with Gasteiger partial charge in [-0.1, -0.05) is 51.7 Å². The van der Waals surface area contributed by atoms with Crippen molar-refractivity contribution in [2.75, 3.05) is 0 Å². The molecule has 1 aliphatic carbocycles. The van der Waals surface area contributed by atoms with Crippen molar-refractivity contribution in [3.8, 4) is 22.3 Å². The molecule has 0 saturated heterocycles. The van der Waals surface area contributed by atoms with Gasteiger partial charge >= 0.3 is 99.2 Å². The first-order valence-corrected chi connectivity index (χ1v) is 14.5. The van der Waals surface area contributed by atoms with E-state index in [2.05, 4.69) is 144 Å². The van der Waals surface area contributed by atoms with E-state index in [9.17, 15) is 0 Å². The van der Waals surface area contributed by atoms with Crippen LogP contribution in [0.15, 0.2) is 144 Å². The summed E-state index contributed by atoms with van der Waals surface area (Å²) in [5.41, 5.74) is 10.8. The molecule has 0 N–H and O–H groups in total. The van der Waals surface area contributed by atoms with Crippen LogP contribution in [0.25, 0.3) is 22.3 Å². The van der Waals surface area contributed by atoms with Crippen LogP contribution in [-0.4, -0.2) is 3.21 Å². The Hall–Kier alpha value is -2.74. The van der Waals surface area contributed by atoms with E-state index < -0.39 is 0 Å². The van der Waals surface area contributed by atoms with Crippen LogP contribution in [0.4, 0.5) is 0 Å². The average Bonchev–Trinajstić information content (AvgIpc) is 3.75. The molecule has 192 valence electrons. The summed E-state index contributed by atoms with van der Waals surface area (Å²) in [6.45, 7) is 0. The number of benzene rings is 4. The van der Waals surface area contributed by atoms with E-state index in [1.54, 1.807) is 11.3 Å². The van der Waals surface area contributed by atoms with Crippen molar-refractivity contribution in [3.63, 3.8) is 0 Å². The molecule has 0 amide bonds. The van der Waals surface area contributed by atoms with Gasteiger partial charge in [-0.2, -0.15) is 42.0 Å². The van der Waals surface area contributed by atoms with Crippen molar-refractivity contribution in [1.82, 2.24) is 0 Å². The van der Waals surface area contributed by atoms with Crippen LogP contribution in [0, 0.1) is 6.07 Å². The number of rotatable bonds is 3. The smallest absolute Gasteiger partial charge is 0.0253 e. The van der Waals surface area contributed by atoms with E-state index in [4.69, 9.17) is 0 Å². The van der Waals surface area contributed by atoms with Crippen LogP contribution in [0.3, 0.4) is 0 Å². The summed E-state index contributed by atoms with van der Waals surface area (Å²) < 4.78 is 1.42. The van der Waals surface area contributed by atoms with Crippen molar-refractivity contribution < 1.29 is 49.0 Å². The largest absolute Gasteiger partial charge is 0.201 e. The van der Waals surface area contributed by atoms with Gasteiger partial charge < -0.3 is 24.8 Å². The minimum absolute atomic E-state index is 0. The van der Waals surface area contributed by atoms with E-state index in [0.717, 1.165) is 6.42 Å².